The molecule has 0 atom stereocenters. The van der Waals surface area contributed by atoms with Gasteiger partial charge in [-0.15, -0.1) is 5.10 Å². The number of hydrogen-bond donors (Lipinski definition) is 1. The Bertz CT molecular complexity index is 1480. The normalized spacial score (nSPS) is 11.1. The van der Waals surface area contributed by atoms with Crippen LogP contribution in [0, 0.1) is 0 Å². The molecule has 2 heterocycles. The third kappa shape index (κ3) is 3.85. The van der Waals surface area contributed by atoms with Gasteiger partial charge in [0.25, 0.3) is 5.56 Å². The number of carbonyl (C=O) groups excluding carboxylic acids is 1. The van der Waals surface area contributed by atoms with Crippen molar-refractivity contribution in [3.8, 4) is 0 Å². The van der Waals surface area contributed by atoms with Crippen LogP contribution < -0.4 is 10.9 Å². The Labute approximate surface area is 183 Å². The highest BCUT2D eigenvalue weighted by atomic mass is 16.2. The van der Waals surface area contributed by atoms with Gasteiger partial charge in [0.15, 0.2) is 0 Å². The predicted octanol–water partition coefficient (Wildman–Crippen LogP) is 3.22. The molecule has 3 aromatic carbocycles. The summed E-state index contributed by atoms with van der Waals surface area (Å²) in [7, 11) is 0. The minimum Gasteiger partial charge on any atom is -0.311 e. The Kier molecular flexibility index (Phi) is 5.17. The van der Waals surface area contributed by atoms with Crippen molar-refractivity contribution >= 4 is 33.4 Å². The third-order valence-electron chi connectivity index (χ3n) is 5.36. The number of nitrogens with zero attached hydrogens (tertiary/aromatic N) is 5. The summed E-state index contributed by atoms with van der Waals surface area (Å²) in [5.74, 6) is 0.367. The van der Waals surface area contributed by atoms with E-state index in [1.54, 1.807) is 41.2 Å². The van der Waals surface area contributed by atoms with Crippen molar-refractivity contribution in [3.63, 3.8) is 0 Å². The first-order valence-corrected chi connectivity index (χ1v) is 10.3. The van der Waals surface area contributed by atoms with Crippen LogP contribution in [0.25, 0.3) is 21.7 Å². The van der Waals surface area contributed by atoms with E-state index in [9.17, 15) is 9.59 Å². The quantitative estimate of drug-likeness (QED) is 0.452. The number of rotatable bonds is 6. The molecule has 0 aliphatic rings. The average Bonchev–Trinajstić information content (AvgIpc) is 3.25. The lowest BCUT2D eigenvalue weighted by molar-refractivity contribution is -0.116. The third-order valence-corrected chi connectivity index (χ3v) is 5.36. The number of hydrogen-bond acceptors (Lipinski definition) is 5. The van der Waals surface area contributed by atoms with Crippen molar-refractivity contribution in [2.24, 2.45) is 0 Å². The van der Waals surface area contributed by atoms with Crippen LogP contribution in [0.4, 0.5) is 5.82 Å². The smallest absolute Gasteiger partial charge is 0.277 e. The number of anilines is 1. The molecule has 1 N–H and O–H groups in total. The summed E-state index contributed by atoms with van der Waals surface area (Å²) < 4.78 is 2.97. The molecule has 0 unspecified atom stereocenters. The van der Waals surface area contributed by atoms with E-state index in [0.717, 1.165) is 16.3 Å². The number of carbonyl (C=O) groups is 1. The van der Waals surface area contributed by atoms with Crippen molar-refractivity contribution in [2.75, 3.05) is 5.32 Å². The predicted molar refractivity (Wildman–Crippen MR) is 122 cm³/mol. The minimum absolute atomic E-state index is 0.0897. The molecule has 0 saturated carbocycles. The highest BCUT2D eigenvalue weighted by molar-refractivity contribution is 5.90. The van der Waals surface area contributed by atoms with Crippen molar-refractivity contribution < 1.29 is 4.79 Å². The lowest BCUT2D eigenvalue weighted by Gasteiger charge is -2.11. The molecule has 5 aromatic rings. The fourth-order valence-corrected chi connectivity index (χ4v) is 3.74. The molecule has 158 valence electrons. The van der Waals surface area contributed by atoms with Gasteiger partial charge < -0.3 is 5.32 Å². The topological polar surface area (TPSA) is 94.7 Å². The van der Waals surface area contributed by atoms with E-state index in [0.29, 0.717) is 23.3 Å². The largest absolute Gasteiger partial charge is 0.311 e. The van der Waals surface area contributed by atoms with Gasteiger partial charge >= 0.3 is 0 Å². The maximum absolute atomic E-state index is 12.6. The summed E-state index contributed by atoms with van der Waals surface area (Å²) in [4.78, 5) is 25.1. The maximum Gasteiger partial charge on any atom is 0.277 e. The first kappa shape index (κ1) is 19.6. The first-order chi connectivity index (χ1) is 15.7. The zero-order valence-electron chi connectivity index (χ0n) is 17.2. The van der Waals surface area contributed by atoms with Crippen LogP contribution in [-0.2, 0) is 17.9 Å². The van der Waals surface area contributed by atoms with E-state index in [1.807, 2.05) is 18.2 Å². The summed E-state index contributed by atoms with van der Waals surface area (Å²) in [6, 6.07) is 23.1. The average molecular weight is 424 g/mol. The van der Waals surface area contributed by atoms with E-state index >= 15 is 0 Å². The Balaban J connectivity index is 1.29. The monoisotopic (exact) mass is 424 g/mol. The van der Waals surface area contributed by atoms with Gasteiger partial charge in [-0.05, 0) is 28.5 Å². The molecule has 0 saturated heterocycles. The van der Waals surface area contributed by atoms with Crippen LogP contribution >= 0.6 is 0 Å². The fourth-order valence-electron chi connectivity index (χ4n) is 3.74. The van der Waals surface area contributed by atoms with Gasteiger partial charge in [-0.25, -0.2) is 9.36 Å². The number of fused-ring (bicyclic) bond motifs is 2. The number of aromatic nitrogens is 5. The second-order valence-corrected chi connectivity index (χ2v) is 7.45. The minimum atomic E-state index is -0.260. The summed E-state index contributed by atoms with van der Waals surface area (Å²) in [5.41, 5.74) is 1.39. The highest BCUT2D eigenvalue weighted by Gasteiger charge is 2.11. The zero-order valence-corrected chi connectivity index (χ0v) is 17.2. The molecule has 5 rings (SSSR count). The van der Waals surface area contributed by atoms with Crippen LogP contribution in [0.15, 0.2) is 83.8 Å². The molecule has 8 nitrogen and oxygen atoms in total. The van der Waals surface area contributed by atoms with Gasteiger partial charge in [-0.1, -0.05) is 59.8 Å². The van der Waals surface area contributed by atoms with Gasteiger partial charge in [-0.2, -0.15) is 5.10 Å². The number of nitrogens with one attached hydrogen (secondary N) is 1. The molecule has 1 amide bonds. The van der Waals surface area contributed by atoms with Gasteiger partial charge in [0.2, 0.25) is 5.91 Å². The van der Waals surface area contributed by atoms with Crippen LogP contribution in [0.3, 0.4) is 0 Å². The van der Waals surface area contributed by atoms with Gasteiger partial charge in [0.05, 0.1) is 24.7 Å². The standard InChI is InChI=1S/C24H20N6O2/c31-23(13-15-29-24(32)20-10-3-4-11-21(20)27-28-29)26-22-12-14-25-30(22)16-18-8-5-7-17-6-1-2-9-19(17)18/h1-12,14H,13,15-16H2,(H,26,31). The molecule has 0 aliphatic carbocycles. The zero-order chi connectivity index (χ0) is 21.9. The van der Waals surface area contributed by atoms with Gasteiger partial charge in [0.1, 0.15) is 11.3 Å². The van der Waals surface area contributed by atoms with Gasteiger partial charge in [0, 0.05) is 12.5 Å². The van der Waals surface area contributed by atoms with Crippen molar-refractivity contribution in [1.82, 2.24) is 24.8 Å². The van der Waals surface area contributed by atoms with Crippen LogP contribution in [0.2, 0.25) is 0 Å². The summed E-state index contributed by atoms with van der Waals surface area (Å²) in [5, 5.41) is 18.0. The van der Waals surface area contributed by atoms with Crippen LogP contribution in [0.1, 0.15) is 12.0 Å². The summed E-state index contributed by atoms with van der Waals surface area (Å²) in [6.45, 7) is 0.666. The van der Waals surface area contributed by atoms with Crippen molar-refractivity contribution in [3.05, 3.63) is 94.9 Å². The second-order valence-electron chi connectivity index (χ2n) is 7.45. The molecular formula is C24H20N6O2. The maximum atomic E-state index is 12.6. The van der Waals surface area contributed by atoms with E-state index in [1.165, 1.54) is 4.68 Å². The summed E-state index contributed by atoms with van der Waals surface area (Å²) in [6.07, 6.45) is 1.74. The number of aryl methyl sites for hydroxylation is 1. The van der Waals surface area contributed by atoms with Gasteiger partial charge in [-0.3, -0.25) is 9.59 Å². The first-order valence-electron chi connectivity index (χ1n) is 10.3. The molecule has 8 heteroatoms. The fraction of sp³-hybridized carbons (Fsp3) is 0.125. The Morgan fingerprint density at radius 2 is 1.66 bits per heavy atom. The van der Waals surface area contributed by atoms with Crippen molar-refractivity contribution in [2.45, 2.75) is 19.5 Å². The van der Waals surface area contributed by atoms with Crippen LogP contribution in [0.5, 0.6) is 0 Å². The Morgan fingerprint density at radius 3 is 2.56 bits per heavy atom. The molecule has 0 aliphatic heterocycles. The molecule has 0 bridgehead atoms. The molecule has 2 aromatic heterocycles. The number of benzene rings is 3. The SMILES string of the molecule is O=C(CCn1nnc2ccccc2c1=O)Nc1ccnn1Cc1cccc2ccccc12. The molecule has 32 heavy (non-hydrogen) atoms. The Hall–Kier alpha value is -4.33. The lowest BCUT2D eigenvalue weighted by atomic mass is 10.0. The lowest BCUT2D eigenvalue weighted by Crippen LogP contribution is -2.27. The molecule has 0 fully saturated rings. The van der Waals surface area contributed by atoms with E-state index in [2.05, 4.69) is 45.0 Å². The number of amides is 1. The molecule has 0 radical (unpaired) electrons. The molecule has 0 spiro atoms. The van der Waals surface area contributed by atoms with E-state index < -0.39 is 0 Å². The van der Waals surface area contributed by atoms with Crippen LogP contribution in [-0.4, -0.2) is 30.7 Å². The Morgan fingerprint density at radius 1 is 0.875 bits per heavy atom. The van der Waals surface area contributed by atoms with E-state index in [4.69, 9.17) is 0 Å². The van der Waals surface area contributed by atoms with E-state index in [-0.39, 0.29) is 24.4 Å². The molecular weight excluding hydrogens is 404 g/mol. The summed E-state index contributed by atoms with van der Waals surface area (Å²) >= 11 is 0. The van der Waals surface area contributed by atoms with Crippen molar-refractivity contribution in [1.29, 1.82) is 0 Å². The second kappa shape index (κ2) is 8.43. The highest BCUT2D eigenvalue weighted by Crippen LogP contribution is 2.20.